The number of rotatable bonds is 3. The normalized spacial score (nSPS) is 9.42. The van der Waals surface area contributed by atoms with Crippen LogP contribution in [0.2, 0.25) is 0 Å². The van der Waals surface area contributed by atoms with Gasteiger partial charge in [0.2, 0.25) is 5.91 Å². The second-order valence-electron chi connectivity index (χ2n) is 2.49. The highest BCUT2D eigenvalue weighted by Crippen LogP contribution is 2.10. The molecule has 3 heteroatoms. The smallest absolute Gasteiger partial charge is 0.246 e. The summed E-state index contributed by atoms with van der Waals surface area (Å²) in [7, 11) is 1.61. The number of carbonyl (C=O) groups is 1. The third-order valence-corrected chi connectivity index (χ3v) is 2.28. The molecule has 0 unspecified atom stereocenters. The maximum atomic E-state index is 11.0. The Morgan fingerprint density at radius 1 is 1.75 bits per heavy atom. The van der Waals surface area contributed by atoms with Crippen LogP contribution in [0.15, 0.2) is 29.0 Å². The summed E-state index contributed by atoms with van der Waals surface area (Å²) in [6.45, 7) is 3.69. The first kappa shape index (κ1) is 9.00. The molecular weight excluding hydrogens is 170 g/mol. The zero-order valence-electron chi connectivity index (χ0n) is 6.96. The van der Waals surface area contributed by atoms with Gasteiger partial charge in [-0.05, 0) is 22.4 Å². The molecule has 0 spiro atoms. The Bertz CT molecular complexity index is 277. The maximum absolute atomic E-state index is 11.0. The van der Waals surface area contributed by atoms with Gasteiger partial charge in [0.25, 0.3) is 0 Å². The minimum Gasteiger partial charge on any atom is -0.355 e. The molecule has 12 heavy (non-hydrogen) atoms. The van der Waals surface area contributed by atoms with Gasteiger partial charge in [-0.15, -0.1) is 0 Å². The third-order valence-electron chi connectivity index (χ3n) is 1.55. The molecule has 1 rings (SSSR count). The van der Waals surface area contributed by atoms with E-state index in [1.54, 1.807) is 18.4 Å². The van der Waals surface area contributed by atoms with Crippen molar-refractivity contribution in [3.8, 4) is 0 Å². The second-order valence-corrected chi connectivity index (χ2v) is 3.27. The first-order valence-corrected chi connectivity index (χ1v) is 4.59. The molecule has 1 aromatic rings. The van der Waals surface area contributed by atoms with E-state index in [1.165, 1.54) is 0 Å². The first-order valence-electron chi connectivity index (χ1n) is 3.65. The van der Waals surface area contributed by atoms with Crippen LogP contribution in [0, 0.1) is 0 Å². The molecule has 64 valence electrons. The van der Waals surface area contributed by atoms with Gasteiger partial charge in [-0.25, -0.2) is 0 Å². The maximum Gasteiger partial charge on any atom is 0.246 e. The summed E-state index contributed by atoms with van der Waals surface area (Å²) in [6.07, 6.45) is 0.642. The van der Waals surface area contributed by atoms with Crippen LogP contribution >= 0.6 is 11.3 Å². The zero-order chi connectivity index (χ0) is 8.97. The lowest BCUT2D eigenvalue weighted by Gasteiger charge is -2.00. The topological polar surface area (TPSA) is 29.1 Å². The molecule has 1 N–H and O–H groups in total. The fourth-order valence-electron chi connectivity index (χ4n) is 0.897. The molecule has 0 radical (unpaired) electrons. The lowest BCUT2D eigenvalue weighted by Crippen LogP contribution is -2.20. The minimum atomic E-state index is -0.0822. The van der Waals surface area contributed by atoms with Gasteiger partial charge in [-0.2, -0.15) is 11.3 Å². The monoisotopic (exact) mass is 181 g/mol. The highest BCUT2D eigenvalue weighted by Gasteiger charge is 2.04. The Morgan fingerprint density at radius 2 is 2.50 bits per heavy atom. The fourth-order valence-corrected chi connectivity index (χ4v) is 1.57. The predicted molar refractivity (Wildman–Crippen MR) is 51.2 cm³/mol. The third kappa shape index (κ3) is 2.20. The highest BCUT2D eigenvalue weighted by atomic mass is 32.1. The molecule has 0 saturated heterocycles. The molecule has 0 aromatic carbocycles. The van der Waals surface area contributed by atoms with Crippen LogP contribution in [0.3, 0.4) is 0 Å². The minimum absolute atomic E-state index is 0.0822. The molecule has 0 atom stereocenters. The van der Waals surface area contributed by atoms with Crippen molar-refractivity contribution in [2.24, 2.45) is 0 Å². The first-order chi connectivity index (χ1) is 5.74. The Labute approximate surface area is 75.9 Å². The van der Waals surface area contributed by atoms with Crippen LogP contribution < -0.4 is 5.32 Å². The molecule has 0 bridgehead atoms. The quantitative estimate of drug-likeness (QED) is 0.705. The zero-order valence-corrected chi connectivity index (χ0v) is 7.78. The molecule has 0 aliphatic heterocycles. The summed E-state index contributed by atoms with van der Waals surface area (Å²) < 4.78 is 0. The standard InChI is InChI=1S/C9H11NOS/c1-7(9(11)10-2)5-8-3-4-12-6-8/h3-4,6H,1,5H2,2H3,(H,10,11). The number of amides is 1. The number of likely N-dealkylation sites (N-methyl/N-ethyl adjacent to an activating group) is 1. The molecule has 1 aromatic heterocycles. The molecule has 1 amide bonds. The van der Waals surface area contributed by atoms with Gasteiger partial charge < -0.3 is 5.32 Å². The van der Waals surface area contributed by atoms with E-state index in [2.05, 4.69) is 11.9 Å². The van der Waals surface area contributed by atoms with Gasteiger partial charge in [0, 0.05) is 19.0 Å². The average molecular weight is 181 g/mol. The molecular formula is C9H11NOS. The van der Waals surface area contributed by atoms with Gasteiger partial charge in [0.05, 0.1) is 0 Å². The average Bonchev–Trinajstić information content (AvgIpc) is 2.55. The Morgan fingerprint density at radius 3 is 3.00 bits per heavy atom. The van der Waals surface area contributed by atoms with E-state index in [9.17, 15) is 4.79 Å². The van der Waals surface area contributed by atoms with Crippen molar-refractivity contribution >= 4 is 17.2 Å². The summed E-state index contributed by atoms with van der Waals surface area (Å²) in [5.41, 5.74) is 1.75. The van der Waals surface area contributed by atoms with E-state index in [0.29, 0.717) is 12.0 Å². The van der Waals surface area contributed by atoms with E-state index in [1.807, 2.05) is 16.8 Å². The molecule has 0 aliphatic carbocycles. The molecule has 0 fully saturated rings. The van der Waals surface area contributed by atoms with E-state index >= 15 is 0 Å². The van der Waals surface area contributed by atoms with Crippen molar-refractivity contribution in [3.63, 3.8) is 0 Å². The van der Waals surface area contributed by atoms with Crippen molar-refractivity contribution in [2.45, 2.75) is 6.42 Å². The van der Waals surface area contributed by atoms with Crippen LogP contribution in [-0.2, 0) is 11.2 Å². The lowest BCUT2D eigenvalue weighted by atomic mass is 10.1. The van der Waals surface area contributed by atoms with Crippen LogP contribution in [0.1, 0.15) is 5.56 Å². The molecule has 0 saturated carbocycles. The summed E-state index contributed by atoms with van der Waals surface area (Å²) >= 11 is 1.63. The fraction of sp³-hybridized carbons (Fsp3) is 0.222. The molecule has 0 aliphatic rings. The van der Waals surface area contributed by atoms with Crippen LogP contribution in [0.5, 0.6) is 0 Å². The Hall–Kier alpha value is -1.09. The van der Waals surface area contributed by atoms with Crippen molar-refractivity contribution in [2.75, 3.05) is 7.05 Å². The highest BCUT2D eigenvalue weighted by molar-refractivity contribution is 7.07. The largest absolute Gasteiger partial charge is 0.355 e. The van der Waals surface area contributed by atoms with Crippen molar-refractivity contribution in [3.05, 3.63) is 34.5 Å². The number of thiophene rings is 1. The SMILES string of the molecule is C=C(Cc1ccsc1)C(=O)NC. The Kier molecular flexibility index (Phi) is 3.05. The predicted octanol–water partition coefficient (Wildman–Crippen LogP) is 1.59. The van der Waals surface area contributed by atoms with Crippen LogP contribution in [0.4, 0.5) is 0 Å². The van der Waals surface area contributed by atoms with Crippen molar-refractivity contribution in [1.29, 1.82) is 0 Å². The summed E-state index contributed by atoms with van der Waals surface area (Å²) in [6, 6.07) is 2.00. The summed E-state index contributed by atoms with van der Waals surface area (Å²) in [5.74, 6) is -0.0822. The van der Waals surface area contributed by atoms with E-state index in [4.69, 9.17) is 0 Å². The van der Waals surface area contributed by atoms with Crippen LogP contribution in [-0.4, -0.2) is 13.0 Å². The number of hydrogen-bond donors (Lipinski definition) is 1. The second kappa shape index (κ2) is 4.07. The van der Waals surface area contributed by atoms with Crippen molar-refractivity contribution < 1.29 is 4.79 Å². The summed E-state index contributed by atoms with van der Waals surface area (Å²) in [5, 5.41) is 6.56. The van der Waals surface area contributed by atoms with E-state index < -0.39 is 0 Å². The molecule has 2 nitrogen and oxygen atoms in total. The van der Waals surface area contributed by atoms with Gasteiger partial charge in [0.1, 0.15) is 0 Å². The van der Waals surface area contributed by atoms with Gasteiger partial charge in [-0.3, -0.25) is 4.79 Å². The number of nitrogens with one attached hydrogen (secondary N) is 1. The van der Waals surface area contributed by atoms with E-state index in [0.717, 1.165) is 5.56 Å². The van der Waals surface area contributed by atoms with Gasteiger partial charge >= 0.3 is 0 Å². The Balaban J connectivity index is 2.53. The van der Waals surface area contributed by atoms with Crippen LogP contribution in [0.25, 0.3) is 0 Å². The number of carbonyl (C=O) groups excluding carboxylic acids is 1. The molecule has 1 heterocycles. The van der Waals surface area contributed by atoms with Gasteiger partial charge in [-0.1, -0.05) is 6.58 Å². The van der Waals surface area contributed by atoms with E-state index in [-0.39, 0.29) is 5.91 Å². The van der Waals surface area contributed by atoms with Crippen molar-refractivity contribution in [1.82, 2.24) is 5.32 Å². The number of hydrogen-bond acceptors (Lipinski definition) is 2. The lowest BCUT2D eigenvalue weighted by molar-refractivity contribution is -0.117. The summed E-state index contributed by atoms with van der Waals surface area (Å²) in [4.78, 5) is 11.0. The van der Waals surface area contributed by atoms with Gasteiger partial charge in [0.15, 0.2) is 0 Å².